The van der Waals surface area contributed by atoms with Crippen LogP contribution in [0.1, 0.15) is 27.4 Å². The number of halogens is 1. The number of esters is 1. The maximum absolute atomic E-state index is 12.0. The first-order valence-corrected chi connectivity index (χ1v) is 8.14. The number of carbonyl (C=O) groups excluding carboxylic acids is 2. The second-order valence-corrected chi connectivity index (χ2v) is 6.19. The quantitative estimate of drug-likeness (QED) is 0.765. The lowest BCUT2D eigenvalue weighted by Crippen LogP contribution is -2.34. The van der Waals surface area contributed by atoms with Crippen LogP contribution in [0.2, 0.25) is 5.02 Å². The molecule has 6 nitrogen and oxygen atoms in total. The number of amides is 1. The molecule has 134 valence electrons. The number of hydrogen-bond donors (Lipinski definition) is 1. The van der Waals surface area contributed by atoms with Gasteiger partial charge in [0.25, 0.3) is 0 Å². The van der Waals surface area contributed by atoms with Crippen molar-refractivity contribution < 1.29 is 18.7 Å². The van der Waals surface area contributed by atoms with E-state index in [1.165, 1.54) is 7.11 Å². The molecule has 0 atom stereocenters. The Morgan fingerprint density at radius 1 is 1.32 bits per heavy atom. The van der Waals surface area contributed by atoms with Gasteiger partial charge in [-0.2, -0.15) is 0 Å². The molecule has 0 bridgehead atoms. The van der Waals surface area contributed by atoms with E-state index in [2.05, 4.69) is 5.32 Å². The Morgan fingerprint density at radius 3 is 2.76 bits per heavy atom. The molecule has 1 amide bonds. The molecule has 0 spiro atoms. The zero-order valence-corrected chi connectivity index (χ0v) is 15.2. The van der Waals surface area contributed by atoms with Crippen molar-refractivity contribution in [2.24, 2.45) is 0 Å². The van der Waals surface area contributed by atoms with Gasteiger partial charge in [0.2, 0.25) is 5.91 Å². The summed E-state index contributed by atoms with van der Waals surface area (Å²) in [5.74, 6) is 0.553. The molecule has 1 aromatic carbocycles. The van der Waals surface area contributed by atoms with Crippen LogP contribution in [0, 0.1) is 6.92 Å². The van der Waals surface area contributed by atoms with E-state index in [9.17, 15) is 9.59 Å². The highest BCUT2D eigenvalue weighted by atomic mass is 35.5. The highest BCUT2D eigenvalue weighted by Crippen LogP contribution is 2.17. The van der Waals surface area contributed by atoms with Gasteiger partial charge in [-0.15, -0.1) is 0 Å². The second-order valence-electron chi connectivity index (χ2n) is 5.75. The van der Waals surface area contributed by atoms with Gasteiger partial charge in [-0.25, -0.2) is 4.79 Å². The Labute approximate surface area is 151 Å². The molecule has 0 aliphatic carbocycles. The molecule has 0 aliphatic heterocycles. The molecule has 0 saturated carbocycles. The van der Waals surface area contributed by atoms with Crippen LogP contribution < -0.4 is 5.32 Å². The van der Waals surface area contributed by atoms with Gasteiger partial charge in [-0.3, -0.25) is 9.69 Å². The summed E-state index contributed by atoms with van der Waals surface area (Å²) in [4.78, 5) is 25.4. The third-order valence-corrected chi connectivity index (χ3v) is 3.83. The van der Waals surface area contributed by atoms with Gasteiger partial charge in [0.15, 0.2) is 0 Å². The van der Waals surface area contributed by atoms with Crippen LogP contribution in [-0.4, -0.2) is 37.5 Å². The number of furan rings is 1. The van der Waals surface area contributed by atoms with E-state index in [-0.39, 0.29) is 12.5 Å². The van der Waals surface area contributed by atoms with Gasteiger partial charge in [0.1, 0.15) is 17.1 Å². The number of methoxy groups -OCH3 is 1. The summed E-state index contributed by atoms with van der Waals surface area (Å²) in [5, 5.41) is 3.48. The average molecular weight is 365 g/mol. The molecule has 0 unspecified atom stereocenters. The highest BCUT2D eigenvalue weighted by molar-refractivity contribution is 6.30. The van der Waals surface area contributed by atoms with Crippen LogP contribution in [0.5, 0.6) is 0 Å². The minimum Gasteiger partial charge on any atom is -0.465 e. The average Bonchev–Trinajstić information content (AvgIpc) is 2.92. The van der Waals surface area contributed by atoms with Gasteiger partial charge in [0.05, 0.1) is 20.2 Å². The Balaban J connectivity index is 1.84. The summed E-state index contributed by atoms with van der Waals surface area (Å²) in [5.41, 5.74) is 1.34. The molecule has 7 heteroatoms. The maximum atomic E-state index is 12.0. The number of rotatable bonds is 7. The molecule has 0 radical (unpaired) electrons. The monoisotopic (exact) mass is 364 g/mol. The highest BCUT2D eigenvalue weighted by Gasteiger charge is 2.17. The van der Waals surface area contributed by atoms with Crippen LogP contribution in [-0.2, 0) is 22.6 Å². The predicted octanol–water partition coefficient (Wildman–Crippen LogP) is 2.78. The summed E-state index contributed by atoms with van der Waals surface area (Å²) in [7, 11) is 3.12. The molecular weight excluding hydrogens is 344 g/mol. The standard InChI is InChI=1S/C18H21ClN2O4/c1-12-16(18(23)24-3)8-15(25-12)10-21(2)11-17(22)20-9-13-5-4-6-14(19)7-13/h4-8H,9-11H2,1-3H3,(H,20,22). The minimum atomic E-state index is -0.436. The molecule has 1 heterocycles. The van der Waals surface area contributed by atoms with E-state index in [0.29, 0.717) is 35.2 Å². The zero-order valence-electron chi connectivity index (χ0n) is 14.5. The predicted molar refractivity (Wildman–Crippen MR) is 94.4 cm³/mol. The topological polar surface area (TPSA) is 71.8 Å². The number of likely N-dealkylation sites (N-methyl/N-ethyl adjacent to an activating group) is 1. The van der Waals surface area contributed by atoms with Gasteiger partial charge >= 0.3 is 5.97 Å². The van der Waals surface area contributed by atoms with E-state index >= 15 is 0 Å². The lowest BCUT2D eigenvalue weighted by molar-refractivity contribution is -0.122. The van der Waals surface area contributed by atoms with Crippen LogP contribution in [0.25, 0.3) is 0 Å². The Hall–Kier alpha value is -2.31. The number of ether oxygens (including phenoxy) is 1. The van der Waals surface area contributed by atoms with E-state index in [4.69, 9.17) is 20.8 Å². The minimum absolute atomic E-state index is 0.112. The molecule has 2 aromatic rings. The van der Waals surface area contributed by atoms with E-state index in [1.54, 1.807) is 31.0 Å². The number of hydrogen-bond acceptors (Lipinski definition) is 5. The maximum Gasteiger partial charge on any atom is 0.341 e. The van der Waals surface area contributed by atoms with Crippen LogP contribution in [0.4, 0.5) is 0 Å². The van der Waals surface area contributed by atoms with Crippen LogP contribution in [0.15, 0.2) is 34.7 Å². The molecule has 1 N–H and O–H groups in total. The van der Waals surface area contributed by atoms with Crippen LogP contribution >= 0.6 is 11.6 Å². The first-order chi connectivity index (χ1) is 11.9. The molecule has 0 fully saturated rings. The lowest BCUT2D eigenvalue weighted by atomic mass is 10.2. The number of carbonyl (C=O) groups is 2. The second kappa shape index (κ2) is 8.69. The Bertz CT molecular complexity index is 757. The number of benzene rings is 1. The Morgan fingerprint density at radius 2 is 2.08 bits per heavy atom. The number of aryl methyl sites for hydroxylation is 1. The van der Waals surface area contributed by atoms with E-state index in [0.717, 1.165) is 5.56 Å². The smallest absolute Gasteiger partial charge is 0.341 e. The Kier molecular flexibility index (Phi) is 6.61. The zero-order chi connectivity index (χ0) is 18.4. The van der Waals surface area contributed by atoms with Crippen molar-refractivity contribution in [1.29, 1.82) is 0 Å². The van der Waals surface area contributed by atoms with Crippen molar-refractivity contribution in [2.75, 3.05) is 20.7 Å². The van der Waals surface area contributed by atoms with Gasteiger partial charge in [-0.1, -0.05) is 23.7 Å². The molecule has 25 heavy (non-hydrogen) atoms. The fraction of sp³-hybridized carbons (Fsp3) is 0.333. The van der Waals surface area contributed by atoms with Gasteiger partial charge < -0.3 is 14.5 Å². The van der Waals surface area contributed by atoms with Crippen molar-refractivity contribution in [1.82, 2.24) is 10.2 Å². The van der Waals surface area contributed by atoms with Gasteiger partial charge in [-0.05, 0) is 37.7 Å². The summed E-state index contributed by atoms with van der Waals surface area (Å²) < 4.78 is 10.2. The summed E-state index contributed by atoms with van der Waals surface area (Å²) in [6.07, 6.45) is 0. The summed E-state index contributed by atoms with van der Waals surface area (Å²) >= 11 is 5.92. The number of nitrogens with zero attached hydrogens (tertiary/aromatic N) is 1. The van der Waals surface area contributed by atoms with E-state index < -0.39 is 5.97 Å². The molecule has 0 saturated heterocycles. The first kappa shape index (κ1) is 19.0. The molecule has 0 aliphatic rings. The lowest BCUT2D eigenvalue weighted by Gasteiger charge is -2.14. The van der Waals surface area contributed by atoms with E-state index in [1.807, 2.05) is 18.2 Å². The molecule has 2 rings (SSSR count). The third-order valence-electron chi connectivity index (χ3n) is 3.59. The van der Waals surface area contributed by atoms with Crippen molar-refractivity contribution in [3.05, 3.63) is 58.0 Å². The van der Waals surface area contributed by atoms with Crippen molar-refractivity contribution in [3.8, 4) is 0 Å². The van der Waals surface area contributed by atoms with Crippen molar-refractivity contribution >= 4 is 23.5 Å². The van der Waals surface area contributed by atoms with Crippen molar-refractivity contribution in [2.45, 2.75) is 20.0 Å². The van der Waals surface area contributed by atoms with Crippen LogP contribution in [0.3, 0.4) is 0 Å². The fourth-order valence-corrected chi connectivity index (χ4v) is 2.62. The fourth-order valence-electron chi connectivity index (χ4n) is 2.40. The largest absolute Gasteiger partial charge is 0.465 e. The number of nitrogens with one attached hydrogen (secondary N) is 1. The first-order valence-electron chi connectivity index (χ1n) is 7.76. The summed E-state index contributed by atoms with van der Waals surface area (Å²) in [6, 6.07) is 8.98. The summed E-state index contributed by atoms with van der Waals surface area (Å²) in [6.45, 7) is 2.73. The normalized spacial score (nSPS) is 10.8. The third kappa shape index (κ3) is 5.62. The molecule has 1 aromatic heterocycles. The molecular formula is C18H21ClN2O4. The van der Waals surface area contributed by atoms with Gasteiger partial charge in [0, 0.05) is 11.6 Å². The SMILES string of the molecule is COC(=O)c1cc(CN(C)CC(=O)NCc2cccc(Cl)c2)oc1C. The van der Waals surface area contributed by atoms with Crippen molar-refractivity contribution in [3.63, 3.8) is 0 Å².